The number of thioether (sulfide) groups is 1. The van der Waals surface area contributed by atoms with Gasteiger partial charge in [0.2, 0.25) is 0 Å². The molecule has 0 radical (unpaired) electrons. The Kier molecular flexibility index (Phi) is 4.35. The first-order chi connectivity index (χ1) is 9.21. The molecule has 0 atom stereocenters. The molecule has 0 aliphatic rings. The van der Waals surface area contributed by atoms with Gasteiger partial charge in [0, 0.05) is 0 Å². The Bertz CT molecular complexity index is 612. The van der Waals surface area contributed by atoms with Crippen molar-refractivity contribution in [2.45, 2.75) is 11.8 Å². The fourth-order valence-corrected chi connectivity index (χ4v) is 3.81. The highest BCUT2D eigenvalue weighted by Crippen LogP contribution is 2.44. The molecule has 5 heteroatoms. The largest absolute Gasteiger partial charge is 0.497 e. The number of nitriles is 1. The SMILES string of the molecule is CCSc1c(-c2ccc(OC)cc2)sc(C#N)c1N. The van der Waals surface area contributed by atoms with Crippen LogP contribution in [0.25, 0.3) is 10.4 Å². The van der Waals surface area contributed by atoms with E-state index in [0.29, 0.717) is 10.6 Å². The zero-order chi connectivity index (χ0) is 13.8. The molecule has 0 unspecified atom stereocenters. The highest BCUT2D eigenvalue weighted by atomic mass is 32.2. The molecular formula is C14H14N2OS2. The molecule has 0 aliphatic carbocycles. The number of nitrogen functional groups attached to an aromatic ring is 1. The minimum Gasteiger partial charge on any atom is -0.497 e. The van der Waals surface area contributed by atoms with Gasteiger partial charge in [-0.05, 0) is 35.6 Å². The van der Waals surface area contributed by atoms with E-state index < -0.39 is 0 Å². The van der Waals surface area contributed by atoms with Gasteiger partial charge < -0.3 is 10.5 Å². The number of thiophene rings is 1. The lowest BCUT2D eigenvalue weighted by molar-refractivity contribution is 0.415. The molecule has 1 aromatic carbocycles. The van der Waals surface area contributed by atoms with Gasteiger partial charge in [-0.1, -0.05) is 6.92 Å². The predicted octanol–water partition coefficient (Wildman–Crippen LogP) is 3.99. The molecule has 0 amide bonds. The summed E-state index contributed by atoms with van der Waals surface area (Å²) in [5, 5.41) is 9.10. The molecule has 0 bridgehead atoms. The predicted molar refractivity (Wildman–Crippen MR) is 81.8 cm³/mol. The number of benzene rings is 1. The van der Waals surface area contributed by atoms with Crippen molar-refractivity contribution in [1.29, 1.82) is 5.26 Å². The Hall–Kier alpha value is -1.64. The number of hydrogen-bond acceptors (Lipinski definition) is 5. The van der Waals surface area contributed by atoms with E-state index in [1.807, 2.05) is 24.3 Å². The normalized spacial score (nSPS) is 10.2. The molecule has 0 saturated carbocycles. The summed E-state index contributed by atoms with van der Waals surface area (Å²) in [6.45, 7) is 2.08. The van der Waals surface area contributed by atoms with Crippen molar-refractivity contribution in [3.63, 3.8) is 0 Å². The third kappa shape index (κ3) is 2.70. The average Bonchev–Trinajstić information content (AvgIpc) is 2.76. The van der Waals surface area contributed by atoms with Crippen LogP contribution in [-0.4, -0.2) is 12.9 Å². The fraction of sp³-hybridized carbons (Fsp3) is 0.214. The smallest absolute Gasteiger partial charge is 0.129 e. The van der Waals surface area contributed by atoms with E-state index in [1.54, 1.807) is 18.9 Å². The summed E-state index contributed by atoms with van der Waals surface area (Å²) in [6, 6.07) is 9.97. The lowest BCUT2D eigenvalue weighted by Crippen LogP contribution is -1.88. The molecule has 1 aromatic heterocycles. The number of nitrogens with two attached hydrogens (primary N) is 1. The zero-order valence-electron chi connectivity index (χ0n) is 10.8. The van der Waals surface area contributed by atoms with Crippen LogP contribution < -0.4 is 10.5 Å². The summed E-state index contributed by atoms with van der Waals surface area (Å²) in [5.41, 5.74) is 7.70. The van der Waals surface area contributed by atoms with Crippen LogP contribution in [0.5, 0.6) is 5.75 Å². The molecule has 2 rings (SSSR count). The van der Waals surface area contributed by atoms with Gasteiger partial charge in [-0.25, -0.2) is 0 Å². The topological polar surface area (TPSA) is 59.0 Å². The summed E-state index contributed by atoms with van der Waals surface area (Å²) < 4.78 is 5.15. The summed E-state index contributed by atoms with van der Waals surface area (Å²) in [5.74, 6) is 1.74. The summed E-state index contributed by atoms with van der Waals surface area (Å²) >= 11 is 3.12. The van der Waals surface area contributed by atoms with Crippen LogP contribution in [0.2, 0.25) is 0 Å². The highest BCUT2D eigenvalue weighted by Gasteiger charge is 2.17. The molecule has 0 aliphatic heterocycles. The van der Waals surface area contributed by atoms with Crippen LogP contribution in [0.4, 0.5) is 5.69 Å². The van der Waals surface area contributed by atoms with E-state index in [-0.39, 0.29) is 0 Å². The molecular weight excluding hydrogens is 276 g/mol. The Morgan fingerprint density at radius 1 is 1.37 bits per heavy atom. The second-order valence-corrected chi connectivity index (χ2v) is 6.07. The van der Waals surface area contributed by atoms with E-state index in [0.717, 1.165) is 26.8 Å². The van der Waals surface area contributed by atoms with E-state index in [4.69, 9.17) is 15.7 Å². The first-order valence-electron chi connectivity index (χ1n) is 5.80. The number of nitrogens with zero attached hydrogens (tertiary/aromatic N) is 1. The molecule has 2 N–H and O–H groups in total. The Balaban J connectivity index is 2.50. The van der Waals surface area contributed by atoms with Gasteiger partial charge in [0.15, 0.2) is 0 Å². The van der Waals surface area contributed by atoms with E-state index in [9.17, 15) is 0 Å². The quantitative estimate of drug-likeness (QED) is 0.865. The van der Waals surface area contributed by atoms with Gasteiger partial charge in [0.1, 0.15) is 16.7 Å². The summed E-state index contributed by atoms with van der Waals surface area (Å²) in [7, 11) is 1.64. The van der Waals surface area contributed by atoms with Gasteiger partial charge >= 0.3 is 0 Å². The fourth-order valence-electron chi connectivity index (χ4n) is 1.73. The second-order valence-electron chi connectivity index (χ2n) is 3.78. The maximum atomic E-state index is 9.10. The van der Waals surface area contributed by atoms with Crippen molar-refractivity contribution in [2.24, 2.45) is 0 Å². The van der Waals surface area contributed by atoms with Gasteiger partial charge in [0.25, 0.3) is 0 Å². The third-order valence-corrected chi connectivity index (χ3v) is 4.93. The van der Waals surface area contributed by atoms with Crippen molar-refractivity contribution in [2.75, 3.05) is 18.6 Å². The van der Waals surface area contributed by atoms with Crippen LogP contribution in [-0.2, 0) is 0 Å². The highest BCUT2D eigenvalue weighted by molar-refractivity contribution is 7.99. The number of ether oxygens (including phenoxy) is 1. The van der Waals surface area contributed by atoms with Crippen LogP contribution in [0.1, 0.15) is 11.8 Å². The lowest BCUT2D eigenvalue weighted by atomic mass is 10.2. The van der Waals surface area contributed by atoms with Gasteiger partial charge in [-0.3, -0.25) is 0 Å². The minimum atomic E-state index is 0.585. The van der Waals surface area contributed by atoms with Crippen molar-refractivity contribution in [3.8, 4) is 22.3 Å². The van der Waals surface area contributed by atoms with Crippen molar-refractivity contribution >= 4 is 28.8 Å². The maximum absolute atomic E-state index is 9.10. The van der Waals surface area contributed by atoms with Gasteiger partial charge in [-0.2, -0.15) is 5.26 Å². The van der Waals surface area contributed by atoms with E-state index in [1.165, 1.54) is 11.3 Å². The molecule has 2 aromatic rings. The Morgan fingerprint density at radius 2 is 2.05 bits per heavy atom. The van der Waals surface area contributed by atoms with Crippen LogP contribution >= 0.6 is 23.1 Å². The molecule has 0 spiro atoms. The molecule has 98 valence electrons. The summed E-state index contributed by atoms with van der Waals surface area (Å²) in [4.78, 5) is 2.65. The molecule has 1 heterocycles. The molecule has 0 saturated heterocycles. The van der Waals surface area contributed by atoms with E-state index >= 15 is 0 Å². The maximum Gasteiger partial charge on any atom is 0.129 e. The van der Waals surface area contributed by atoms with Gasteiger partial charge in [-0.15, -0.1) is 23.1 Å². The molecule has 0 fully saturated rings. The van der Waals surface area contributed by atoms with Crippen LogP contribution in [0, 0.1) is 11.3 Å². The first kappa shape index (κ1) is 13.8. The number of anilines is 1. The van der Waals surface area contributed by atoms with Crippen molar-refractivity contribution in [1.82, 2.24) is 0 Å². The van der Waals surface area contributed by atoms with Gasteiger partial charge in [0.05, 0.1) is 22.6 Å². The Morgan fingerprint density at radius 3 is 2.58 bits per heavy atom. The average molecular weight is 290 g/mol. The van der Waals surface area contributed by atoms with Crippen LogP contribution in [0.3, 0.4) is 0 Å². The van der Waals surface area contributed by atoms with Crippen molar-refractivity contribution in [3.05, 3.63) is 29.1 Å². The number of methoxy groups -OCH3 is 1. The Labute approximate surface area is 121 Å². The second kappa shape index (κ2) is 6.00. The zero-order valence-corrected chi connectivity index (χ0v) is 12.4. The first-order valence-corrected chi connectivity index (χ1v) is 7.61. The number of hydrogen-bond donors (Lipinski definition) is 1. The molecule has 19 heavy (non-hydrogen) atoms. The van der Waals surface area contributed by atoms with E-state index in [2.05, 4.69) is 13.0 Å². The van der Waals surface area contributed by atoms with Crippen LogP contribution in [0.15, 0.2) is 29.2 Å². The molecule has 3 nitrogen and oxygen atoms in total. The minimum absolute atomic E-state index is 0.585. The standard InChI is InChI=1S/C14H14N2OS2/c1-3-18-14-12(16)11(8-15)19-13(14)9-4-6-10(17-2)7-5-9/h4-7H,3,16H2,1-2H3. The number of rotatable bonds is 4. The summed E-state index contributed by atoms with van der Waals surface area (Å²) in [6.07, 6.45) is 0. The monoisotopic (exact) mass is 290 g/mol. The third-order valence-electron chi connectivity index (χ3n) is 2.64. The lowest BCUT2D eigenvalue weighted by Gasteiger charge is -2.05. The van der Waals surface area contributed by atoms with Crippen molar-refractivity contribution < 1.29 is 4.74 Å².